The van der Waals surface area contributed by atoms with Crippen molar-refractivity contribution in [3.63, 3.8) is 0 Å². The van der Waals surface area contributed by atoms with Crippen LogP contribution in [0.2, 0.25) is 0 Å². The smallest absolute Gasteiger partial charge is 0.168 e. The van der Waals surface area contributed by atoms with Crippen LogP contribution >= 0.6 is 0 Å². The maximum Gasteiger partial charge on any atom is 0.168 e. The molecule has 6 heteroatoms. The standard InChI is InChI=1S/C14H24N4O2/c1-3-18-13(15-11-16-18)10-17(2)12-4-6-14(7-5-12)19-8-9-20-14/h11-12H,3-10H2,1-2H3. The predicted octanol–water partition coefficient (Wildman–Crippen LogP) is 1.42. The Morgan fingerprint density at radius 2 is 2.05 bits per heavy atom. The SMILES string of the molecule is CCn1ncnc1CN(C)C1CCC2(CC1)OCCO2. The van der Waals surface area contributed by atoms with E-state index in [2.05, 4.69) is 29.0 Å². The van der Waals surface area contributed by atoms with Gasteiger partial charge in [-0.2, -0.15) is 5.10 Å². The molecule has 2 heterocycles. The summed E-state index contributed by atoms with van der Waals surface area (Å²) >= 11 is 0. The number of aryl methyl sites for hydroxylation is 1. The minimum absolute atomic E-state index is 0.263. The molecule has 1 aromatic rings. The van der Waals surface area contributed by atoms with Gasteiger partial charge in [0, 0.05) is 25.4 Å². The van der Waals surface area contributed by atoms with E-state index in [0.29, 0.717) is 6.04 Å². The number of aromatic nitrogens is 3. The van der Waals surface area contributed by atoms with Gasteiger partial charge in [0.1, 0.15) is 12.2 Å². The number of nitrogens with zero attached hydrogens (tertiary/aromatic N) is 4. The van der Waals surface area contributed by atoms with E-state index in [9.17, 15) is 0 Å². The van der Waals surface area contributed by atoms with Gasteiger partial charge < -0.3 is 9.47 Å². The highest BCUT2D eigenvalue weighted by Gasteiger charge is 2.41. The third-order valence-electron chi connectivity index (χ3n) is 4.54. The first kappa shape index (κ1) is 14.0. The third-order valence-corrected chi connectivity index (χ3v) is 4.54. The molecule has 6 nitrogen and oxygen atoms in total. The summed E-state index contributed by atoms with van der Waals surface area (Å²) in [6, 6.07) is 0.579. The molecule has 2 aliphatic rings. The molecule has 2 fully saturated rings. The number of ether oxygens (including phenoxy) is 2. The quantitative estimate of drug-likeness (QED) is 0.835. The second-order valence-electron chi connectivity index (χ2n) is 5.75. The lowest BCUT2D eigenvalue weighted by Gasteiger charge is -2.38. The van der Waals surface area contributed by atoms with Crippen molar-refractivity contribution in [1.29, 1.82) is 0 Å². The zero-order valence-electron chi connectivity index (χ0n) is 12.4. The molecule has 0 bridgehead atoms. The van der Waals surface area contributed by atoms with E-state index < -0.39 is 0 Å². The zero-order chi connectivity index (χ0) is 14.0. The van der Waals surface area contributed by atoms with Gasteiger partial charge in [0.05, 0.1) is 19.8 Å². The Morgan fingerprint density at radius 1 is 1.35 bits per heavy atom. The molecular formula is C14H24N4O2. The molecule has 1 aliphatic carbocycles. The lowest BCUT2D eigenvalue weighted by Crippen LogP contribution is -2.42. The Kier molecular flexibility index (Phi) is 4.05. The molecular weight excluding hydrogens is 256 g/mol. The van der Waals surface area contributed by atoms with Crippen LogP contribution in [0.15, 0.2) is 6.33 Å². The molecule has 0 atom stereocenters. The van der Waals surface area contributed by atoms with Crippen molar-refractivity contribution in [3.8, 4) is 0 Å². The van der Waals surface area contributed by atoms with E-state index in [4.69, 9.17) is 9.47 Å². The summed E-state index contributed by atoms with van der Waals surface area (Å²) in [5.74, 6) is 0.782. The fraction of sp³-hybridized carbons (Fsp3) is 0.857. The van der Waals surface area contributed by atoms with Gasteiger partial charge in [0.25, 0.3) is 0 Å². The zero-order valence-corrected chi connectivity index (χ0v) is 12.4. The molecule has 0 unspecified atom stereocenters. The van der Waals surface area contributed by atoms with Crippen LogP contribution < -0.4 is 0 Å². The predicted molar refractivity (Wildman–Crippen MR) is 74.1 cm³/mol. The Labute approximate surface area is 120 Å². The van der Waals surface area contributed by atoms with Crippen LogP contribution in [0.4, 0.5) is 0 Å². The Balaban J connectivity index is 1.55. The summed E-state index contributed by atoms with van der Waals surface area (Å²) in [6.45, 7) is 5.32. The average Bonchev–Trinajstić information content (AvgIpc) is 3.09. The van der Waals surface area contributed by atoms with Crippen LogP contribution in [0.5, 0.6) is 0 Å². The lowest BCUT2D eigenvalue weighted by atomic mass is 9.89. The summed E-state index contributed by atoms with van der Waals surface area (Å²) < 4.78 is 13.5. The minimum Gasteiger partial charge on any atom is -0.348 e. The van der Waals surface area contributed by atoms with E-state index in [1.807, 2.05) is 4.68 Å². The monoisotopic (exact) mass is 280 g/mol. The topological polar surface area (TPSA) is 52.4 Å². The highest BCUT2D eigenvalue weighted by Crippen LogP contribution is 2.37. The molecule has 0 aromatic carbocycles. The molecule has 1 aliphatic heterocycles. The van der Waals surface area contributed by atoms with Gasteiger partial charge in [-0.25, -0.2) is 9.67 Å². The first-order valence-electron chi connectivity index (χ1n) is 7.57. The maximum atomic E-state index is 5.78. The fourth-order valence-corrected chi connectivity index (χ4v) is 3.30. The highest BCUT2D eigenvalue weighted by atomic mass is 16.7. The first-order valence-corrected chi connectivity index (χ1v) is 7.57. The van der Waals surface area contributed by atoms with E-state index in [-0.39, 0.29) is 5.79 Å². The van der Waals surface area contributed by atoms with Gasteiger partial charge in [0.15, 0.2) is 5.79 Å². The molecule has 20 heavy (non-hydrogen) atoms. The molecule has 1 saturated carbocycles. The Morgan fingerprint density at radius 3 is 2.70 bits per heavy atom. The largest absolute Gasteiger partial charge is 0.348 e. The van der Waals surface area contributed by atoms with Crippen molar-refractivity contribution < 1.29 is 9.47 Å². The number of hydrogen-bond acceptors (Lipinski definition) is 5. The van der Waals surface area contributed by atoms with Gasteiger partial charge in [-0.05, 0) is 26.8 Å². The average molecular weight is 280 g/mol. The van der Waals surface area contributed by atoms with E-state index >= 15 is 0 Å². The van der Waals surface area contributed by atoms with Crippen LogP contribution in [0, 0.1) is 0 Å². The van der Waals surface area contributed by atoms with Gasteiger partial charge in [-0.1, -0.05) is 0 Å². The van der Waals surface area contributed by atoms with Crippen LogP contribution in [0.25, 0.3) is 0 Å². The summed E-state index contributed by atoms with van der Waals surface area (Å²) in [5.41, 5.74) is 0. The second kappa shape index (κ2) is 5.79. The van der Waals surface area contributed by atoms with Crippen molar-refractivity contribution in [1.82, 2.24) is 19.7 Å². The van der Waals surface area contributed by atoms with Gasteiger partial charge >= 0.3 is 0 Å². The summed E-state index contributed by atoms with van der Waals surface area (Å²) in [6.07, 6.45) is 5.89. The van der Waals surface area contributed by atoms with Gasteiger partial charge in [-0.15, -0.1) is 0 Å². The Bertz CT molecular complexity index is 432. The molecule has 0 N–H and O–H groups in total. The molecule has 0 radical (unpaired) electrons. The fourth-order valence-electron chi connectivity index (χ4n) is 3.30. The summed E-state index contributed by atoms with van der Waals surface area (Å²) in [4.78, 5) is 6.74. The van der Waals surface area contributed by atoms with Crippen LogP contribution in [-0.2, 0) is 22.6 Å². The molecule has 112 valence electrons. The minimum atomic E-state index is -0.263. The van der Waals surface area contributed by atoms with Gasteiger partial charge in [0.2, 0.25) is 0 Å². The van der Waals surface area contributed by atoms with Crippen LogP contribution in [0.3, 0.4) is 0 Å². The van der Waals surface area contributed by atoms with Crippen molar-refractivity contribution in [2.45, 2.75) is 57.5 Å². The van der Waals surface area contributed by atoms with Crippen molar-refractivity contribution in [2.75, 3.05) is 20.3 Å². The van der Waals surface area contributed by atoms with Crippen molar-refractivity contribution in [2.24, 2.45) is 0 Å². The summed E-state index contributed by atoms with van der Waals surface area (Å²) in [5, 5.41) is 4.23. The van der Waals surface area contributed by atoms with E-state index in [1.54, 1.807) is 6.33 Å². The third kappa shape index (κ3) is 2.73. The van der Waals surface area contributed by atoms with Crippen LogP contribution in [0.1, 0.15) is 38.4 Å². The molecule has 1 spiro atoms. The maximum absolute atomic E-state index is 5.78. The normalized spacial score (nSPS) is 22.9. The molecule has 3 rings (SSSR count). The molecule has 1 aromatic heterocycles. The number of hydrogen-bond donors (Lipinski definition) is 0. The first-order chi connectivity index (χ1) is 9.72. The lowest BCUT2D eigenvalue weighted by molar-refractivity contribution is -0.183. The van der Waals surface area contributed by atoms with E-state index in [1.165, 1.54) is 0 Å². The van der Waals surface area contributed by atoms with E-state index in [0.717, 1.165) is 57.8 Å². The number of rotatable bonds is 4. The summed E-state index contributed by atoms with van der Waals surface area (Å²) in [7, 11) is 2.17. The van der Waals surface area contributed by atoms with Gasteiger partial charge in [-0.3, -0.25) is 4.90 Å². The van der Waals surface area contributed by atoms with Crippen LogP contribution in [-0.4, -0.2) is 51.8 Å². The van der Waals surface area contributed by atoms with Crippen molar-refractivity contribution in [3.05, 3.63) is 12.2 Å². The molecule has 1 saturated heterocycles. The highest BCUT2D eigenvalue weighted by molar-refractivity contribution is 4.89. The Hall–Kier alpha value is -0.980. The molecule has 0 amide bonds. The second-order valence-corrected chi connectivity index (χ2v) is 5.75. The van der Waals surface area contributed by atoms with Crippen molar-refractivity contribution >= 4 is 0 Å².